The number of pyridine rings is 1. The molecule has 0 saturated heterocycles. The molecule has 2 heterocycles. The van der Waals surface area contributed by atoms with Crippen molar-refractivity contribution in [2.75, 3.05) is 0 Å². The van der Waals surface area contributed by atoms with E-state index >= 15 is 0 Å². The first kappa shape index (κ1) is 9.72. The van der Waals surface area contributed by atoms with Crippen LogP contribution in [0.3, 0.4) is 0 Å². The van der Waals surface area contributed by atoms with Crippen LogP contribution in [0.5, 0.6) is 0 Å². The molecule has 2 aromatic heterocycles. The number of rotatable bonds is 3. The predicted octanol–water partition coefficient (Wildman–Crippen LogP) is 0.491. The smallest absolute Gasteiger partial charge is 0.155 e. The summed E-state index contributed by atoms with van der Waals surface area (Å²) in [6.07, 6.45) is 5.36. The molecule has 2 rings (SSSR count). The van der Waals surface area contributed by atoms with Gasteiger partial charge in [-0.3, -0.25) is 0 Å². The predicted molar refractivity (Wildman–Crippen MR) is 59.6 cm³/mol. The van der Waals surface area contributed by atoms with Gasteiger partial charge in [0.15, 0.2) is 5.82 Å². The Labute approximate surface area is 92.0 Å². The Morgan fingerprint density at radius 3 is 2.87 bits per heavy atom. The zero-order valence-corrected chi connectivity index (χ0v) is 8.68. The van der Waals surface area contributed by atoms with Crippen molar-refractivity contribution in [3.05, 3.63) is 36.5 Å². The zero-order valence-electron chi connectivity index (χ0n) is 7.87. The van der Waals surface area contributed by atoms with E-state index in [1.165, 1.54) is 6.33 Å². The monoisotopic (exact) mass is 219 g/mol. The van der Waals surface area contributed by atoms with Crippen molar-refractivity contribution >= 4 is 17.2 Å². The molecular weight excluding hydrogens is 210 g/mol. The SMILES string of the molecule is NC(=S)Cc1ccc(-n2cncn2)nc1. The number of hydrogen-bond donors (Lipinski definition) is 1. The Morgan fingerprint density at radius 2 is 2.33 bits per heavy atom. The summed E-state index contributed by atoms with van der Waals surface area (Å²) in [5.74, 6) is 0.721. The van der Waals surface area contributed by atoms with E-state index in [0.29, 0.717) is 11.4 Å². The average Bonchev–Trinajstić information content (AvgIpc) is 2.71. The van der Waals surface area contributed by atoms with Crippen LogP contribution in [0.15, 0.2) is 31.0 Å². The first-order chi connectivity index (χ1) is 7.25. The Balaban J connectivity index is 2.21. The van der Waals surface area contributed by atoms with Gasteiger partial charge in [-0.1, -0.05) is 18.3 Å². The lowest BCUT2D eigenvalue weighted by Gasteiger charge is -2.01. The zero-order chi connectivity index (χ0) is 10.7. The third-order valence-electron chi connectivity index (χ3n) is 1.84. The number of nitrogens with zero attached hydrogens (tertiary/aromatic N) is 4. The molecule has 2 N–H and O–H groups in total. The van der Waals surface area contributed by atoms with Crippen LogP contribution in [0.2, 0.25) is 0 Å². The molecule has 2 aromatic rings. The fraction of sp³-hybridized carbons (Fsp3) is 0.111. The summed E-state index contributed by atoms with van der Waals surface area (Å²) in [5.41, 5.74) is 6.43. The quantitative estimate of drug-likeness (QED) is 0.761. The molecular formula is C9H9N5S. The molecule has 0 amide bonds. The molecule has 0 fully saturated rings. The van der Waals surface area contributed by atoms with Crippen LogP contribution in [0.25, 0.3) is 5.82 Å². The van der Waals surface area contributed by atoms with Gasteiger partial charge in [-0.05, 0) is 11.6 Å². The highest BCUT2D eigenvalue weighted by Gasteiger charge is 1.99. The molecule has 0 bridgehead atoms. The van der Waals surface area contributed by atoms with Crippen LogP contribution in [-0.2, 0) is 6.42 Å². The fourth-order valence-electron chi connectivity index (χ4n) is 1.18. The van der Waals surface area contributed by atoms with E-state index < -0.39 is 0 Å². The van der Waals surface area contributed by atoms with Crippen molar-refractivity contribution in [3.8, 4) is 5.82 Å². The normalized spacial score (nSPS) is 10.1. The first-order valence-corrected chi connectivity index (χ1v) is 4.75. The van der Waals surface area contributed by atoms with Crippen LogP contribution in [-0.4, -0.2) is 24.7 Å². The molecule has 0 aliphatic carbocycles. The molecule has 0 saturated carbocycles. The Morgan fingerprint density at radius 1 is 1.47 bits per heavy atom. The van der Waals surface area contributed by atoms with E-state index in [1.807, 2.05) is 12.1 Å². The molecule has 15 heavy (non-hydrogen) atoms. The number of thiocarbonyl (C=S) groups is 1. The molecule has 0 spiro atoms. The van der Waals surface area contributed by atoms with E-state index in [9.17, 15) is 0 Å². The molecule has 6 heteroatoms. The lowest BCUT2D eigenvalue weighted by Crippen LogP contribution is -2.11. The molecule has 5 nitrogen and oxygen atoms in total. The van der Waals surface area contributed by atoms with Gasteiger partial charge in [-0.2, -0.15) is 5.10 Å². The van der Waals surface area contributed by atoms with Gasteiger partial charge in [-0.15, -0.1) is 0 Å². The summed E-state index contributed by atoms with van der Waals surface area (Å²) in [4.78, 5) is 8.52. The van der Waals surface area contributed by atoms with Crippen LogP contribution in [0.1, 0.15) is 5.56 Å². The van der Waals surface area contributed by atoms with Gasteiger partial charge in [0.1, 0.15) is 12.7 Å². The second-order valence-corrected chi connectivity index (χ2v) is 3.53. The van der Waals surface area contributed by atoms with E-state index in [1.54, 1.807) is 17.2 Å². The number of aromatic nitrogens is 4. The average molecular weight is 219 g/mol. The minimum atomic E-state index is 0.463. The van der Waals surface area contributed by atoms with E-state index in [-0.39, 0.29) is 0 Å². The summed E-state index contributed by atoms with van der Waals surface area (Å²) in [6, 6.07) is 3.77. The molecule has 0 aliphatic rings. The summed E-state index contributed by atoms with van der Waals surface area (Å²) in [6.45, 7) is 0. The second-order valence-electron chi connectivity index (χ2n) is 3.01. The highest BCUT2D eigenvalue weighted by atomic mass is 32.1. The van der Waals surface area contributed by atoms with Crippen LogP contribution < -0.4 is 5.73 Å². The highest BCUT2D eigenvalue weighted by Crippen LogP contribution is 2.04. The summed E-state index contributed by atoms with van der Waals surface area (Å²) >= 11 is 4.81. The third-order valence-corrected chi connectivity index (χ3v) is 1.99. The first-order valence-electron chi connectivity index (χ1n) is 4.34. The topological polar surface area (TPSA) is 69.6 Å². The summed E-state index contributed by atoms with van der Waals surface area (Å²) < 4.78 is 1.59. The molecule has 0 aromatic carbocycles. The summed E-state index contributed by atoms with van der Waals surface area (Å²) in [7, 11) is 0. The fourth-order valence-corrected chi connectivity index (χ4v) is 1.35. The minimum absolute atomic E-state index is 0.463. The lowest BCUT2D eigenvalue weighted by molar-refractivity contribution is 0.843. The second kappa shape index (κ2) is 4.14. The number of nitrogens with two attached hydrogens (primary N) is 1. The van der Waals surface area contributed by atoms with Gasteiger partial charge in [0, 0.05) is 12.6 Å². The molecule has 0 radical (unpaired) electrons. The largest absolute Gasteiger partial charge is 0.393 e. The van der Waals surface area contributed by atoms with Crippen molar-refractivity contribution in [2.24, 2.45) is 5.73 Å². The van der Waals surface area contributed by atoms with E-state index in [2.05, 4.69) is 15.1 Å². The van der Waals surface area contributed by atoms with Gasteiger partial charge in [-0.25, -0.2) is 14.6 Å². The Bertz CT molecular complexity index is 448. The standard InChI is InChI=1S/C9H9N5S/c10-8(15)3-7-1-2-9(12-4-7)14-6-11-5-13-14/h1-2,4-6H,3H2,(H2,10,15). The third kappa shape index (κ3) is 2.35. The highest BCUT2D eigenvalue weighted by molar-refractivity contribution is 7.80. The Kier molecular flexibility index (Phi) is 2.68. The van der Waals surface area contributed by atoms with Crippen molar-refractivity contribution in [3.63, 3.8) is 0 Å². The maximum Gasteiger partial charge on any atom is 0.155 e. The van der Waals surface area contributed by atoms with Crippen LogP contribution >= 0.6 is 12.2 Å². The van der Waals surface area contributed by atoms with Crippen molar-refractivity contribution < 1.29 is 0 Å². The molecule has 76 valence electrons. The van der Waals surface area contributed by atoms with Gasteiger partial charge >= 0.3 is 0 Å². The van der Waals surface area contributed by atoms with Crippen molar-refractivity contribution in [2.45, 2.75) is 6.42 Å². The molecule has 0 unspecified atom stereocenters. The van der Waals surface area contributed by atoms with Gasteiger partial charge < -0.3 is 5.73 Å². The number of hydrogen-bond acceptors (Lipinski definition) is 4. The maximum atomic E-state index is 5.43. The van der Waals surface area contributed by atoms with Crippen LogP contribution in [0, 0.1) is 0 Å². The van der Waals surface area contributed by atoms with E-state index in [0.717, 1.165) is 11.4 Å². The van der Waals surface area contributed by atoms with E-state index in [4.69, 9.17) is 18.0 Å². The summed E-state index contributed by atoms with van der Waals surface area (Å²) in [5, 5.41) is 3.97. The minimum Gasteiger partial charge on any atom is -0.393 e. The lowest BCUT2D eigenvalue weighted by atomic mass is 10.2. The van der Waals surface area contributed by atoms with Gasteiger partial charge in [0.05, 0.1) is 4.99 Å². The molecule has 0 aliphatic heterocycles. The van der Waals surface area contributed by atoms with Gasteiger partial charge in [0.25, 0.3) is 0 Å². The van der Waals surface area contributed by atoms with Gasteiger partial charge in [0.2, 0.25) is 0 Å². The maximum absolute atomic E-state index is 5.43. The van der Waals surface area contributed by atoms with Crippen molar-refractivity contribution in [1.29, 1.82) is 0 Å². The Hall–Kier alpha value is -1.82. The van der Waals surface area contributed by atoms with Crippen LogP contribution in [0.4, 0.5) is 0 Å². The molecule has 0 atom stereocenters. The van der Waals surface area contributed by atoms with Crippen molar-refractivity contribution in [1.82, 2.24) is 19.7 Å².